The molecule has 14 heteroatoms. The van der Waals surface area contributed by atoms with Crippen molar-refractivity contribution in [3.63, 3.8) is 0 Å². The summed E-state index contributed by atoms with van der Waals surface area (Å²) in [6.45, 7) is 0. The van der Waals surface area contributed by atoms with Gasteiger partial charge >= 0.3 is 30.0 Å². The Labute approximate surface area is 207 Å². The Morgan fingerprint density at radius 1 is 1.05 bits per heavy atom. The van der Waals surface area contributed by atoms with Crippen LogP contribution in [0.25, 0.3) is 0 Å². The van der Waals surface area contributed by atoms with Gasteiger partial charge < -0.3 is 24.5 Å². The van der Waals surface area contributed by atoms with Gasteiger partial charge in [-0.3, -0.25) is 9.59 Å². The number of aromatic nitrogens is 3. The van der Waals surface area contributed by atoms with Crippen molar-refractivity contribution in [2.24, 2.45) is 5.92 Å². The smallest absolute Gasteiger partial charge is 0.419 e. The summed E-state index contributed by atoms with van der Waals surface area (Å²) in [4.78, 5) is 28.2. The Morgan fingerprint density at radius 2 is 1.78 bits per heavy atom. The third-order valence-electron chi connectivity index (χ3n) is 5.63. The van der Waals surface area contributed by atoms with Crippen molar-refractivity contribution >= 4 is 29.3 Å². The number of rotatable bonds is 7. The van der Waals surface area contributed by atoms with E-state index in [-0.39, 0.29) is 29.7 Å². The molecule has 0 spiro atoms. The molecule has 10 nitrogen and oxygen atoms in total. The van der Waals surface area contributed by atoms with Crippen molar-refractivity contribution in [1.29, 1.82) is 0 Å². The lowest BCUT2D eigenvalue weighted by molar-refractivity contribution is -0.147. The third-order valence-corrected chi connectivity index (χ3v) is 5.63. The number of alkyl halides is 3. The summed E-state index contributed by atoms with van der Waals surface area (Å²) < 4.78 is 67.8. The van der Waals surface area contributed by atoms with E-state index in [1.54, 1.807) is 12.1 Å². The van der Waals surface area contributed by atoms with Gasteiger partial charge in [-0.25, -0.2) is 9.37 Å². The van der Waals surface area contributed by atoms with E-state index in [1.807, 2.05) is 0 Å². The number of nitrogens with zero attached hydrogens (tertiary/aromatic N) is 3. The van der Waals surface area contributed by atoms with E-state index >= 15 is 0 Å². The summed E-state index contributed by atoms with van der Waals surface area (Å²) in [5.74, 6) is -2.67. The number of nitrogens with one attached hydrogen (secondary N) is 2. The van der Waals surface area contributed by atoms with Crippen molar-refractivity contribution in [2.45, 2.75) is 38.0 Å². The van der Waals surface area contributed by atoms with E-state index in [4.69, 9.17) is 13.9 Å². The van der Waals surface area contributed by atoms with E-state index in [0.717, 1.165) is 6.07 Å². The summed E-state index contributed by atoms with van der Waals surface area (Å²) in [5, 5.41) is 12.0. The highest BCUT2D eigenvalue weighted by Gasteiger charge is 2.34. The average Bonchev–Trinajstić information content (AvgIpc) is 3.34. The largest absolute Gasteiger partial charge is 0.474 e. The molecule has 0 unspecified atom stereocenters. The van der Waals surface area contributed by atoms with Crippen LogP contribution in [0.15, 0.2) is 40.9 Å². The second-order valence-electron chi connectivity index (χ2n) is 8.18. The van der Waals surface area contributed by atoms with Crippen LogP contribution in [0.3, 0.4) is 0 Å². The van der Waals surface area contributed by atoms with Crippen molar-refractivity contribution in [3.8, 4) is 5.88 Å². The van der Waals surface area contributed by atoms with Gasteiger partial charge in [-0.15, -0.1) is 5.10 Å². The highest BCUT2D eigenvalue weighted by molar-refractivity contribution is 6.00. The highest BCUT2D eigenvalue weighted by atomic mass is 19.4. The number of ether oxygens (including phenoxy) is 2. The van der Waals surface area contributed by atoms with Crippen LogP contribution in [0.4, 0.5) is 35.0 Å². The minimum absolute atomic E-state index is 0.0912. The number of benzene rings is 1. The lowest BCUT2D eigenvalue weighted by Crippen LogP contribution is -2.28. The van der Waals surface area contributed by atoms with Crippen LogP contribution in [-0.2, 0) is 15.7 Å². The van der Waals surface area contributed by atoms with Crippen LogP contribution in [0.2, 0.25) is 0 Å². The molecule has 3 aromatic rings. The van der Waals surface area contributed by atoms with Crippen LogP contribution >= 0.6 is 0 Å². The fourth-order valence-corrected chi connectivity index (χ4v) is 3.77. The maximum Gasteiger partial charge on any atom is 0.419 e. The lowest BCUT2D eigenvalue weighted by atomic mass is 9.87. The number of anilines is 3. The van der Waals surface area contributed by atoms with Gasteiger partial charge in [0.1, 0.15) is 11.9 Å². The first-order valence-corrected chi connectivity index (χ1v) is 11.1. The zero-order valence-electron chi connectivity index (χ0n) is 19.3. The maximum absolute atomic E-state index is 13.4. The zero-order valence-corrected chi connectivity index (χ0v) is 19.3. The number of hydrogen-bond acceptors (Lipinski definition) is 9. The molecule has 2 heterocycles. The van der Waals surface area contributed by atoms with Crippen LogP contribution in [0, 0.1) is 11.7 Å². The molecule has 0 radical (unpaired) electrons. The molecule has 1 aliphatic carbocycles. The van der Waals surface area contributed by atoms with Crippen molar-refractivity contribution in [3.05, 3.63) is 53.8 Å². The molecular formula is C23H21F4N5O5. The molecule has 4 rings (SSSR count). The van der Waals surface area contributed by atoms with Crippen LogP contribution < -0.4 is 15.4 Å². The Morgan fingerprint density at radius 3 is 2.43 bits per heavy atom. The number of halogens is 4. The summed E-state index contributed by atoms with van der Waals surface area (Å²) in [5.41, 5.74) is -1.33. The monoisotopic (exact) mass is 523 g/mol. The number of esters is 1. The molecule has 1 aliphatic rings. The predicted octanol–water partition coefficient (Wildman–Crippen LogP) is 4.73. The number of hydrogen-bond donors (Lipinski definition) is 2. The molecule has 1 fully saturated rings. The van der Waals surface area contributed by atoms with Gasteiger partial charge in [-0.1, -0.05) is 5.10 Å². The Hall–Kier alpha value is -4.23. The quantitative estimate of drug-likeness (QED) is 0.334. The Bertz CT molecular complexity index is 1260. The molecule has 1 saturated carbocycles. The molecule has 1 amide bonds. The first-order valence-electron chi connectivity index (χ1n) is 11.1. The second kappa shape index (κ2) is 10.8. The predicted molar refractivity (Wildman–Crippen MR) is 120 cm³/mol. The minimum Gasteiger partial charge on any atom is -0.474 e. The summed E-state index contributed by atoms with van der Waals surface area (Å²) in [6.07, 6.45) is -0.924. The van der Waals surface area contributed by atoms with Gasteiger partial charge in [0.2, 0.25) is 5.88 Å². The third kappa shape index (κ3) is 6.51. The van der Waals surface area contributed by atoms with Crippen molar-refractivity contribution in [2.75, 3.05) is 17.7 Å². The number of carbonyl (C=O) groups excluding carboxylic acids is 2. The first-order chi connectivity index (χ1) is 17.6. The van der Waals surface area contributed by atoms with Gasteiger partial charge in [0, 0.05) is 11.8 Å². The second-order valence-corrected chi connectivity index (χ2v) is 8.18. The normalized spacial score (nSPS) is 17.6. The number of methoxy groups -OCH3 is 1. The standard InChI is InChI=1S/C23H21F4N5O5/c1-35-21(34)12-2-6-15(7-3-12)36-18-9-5-14(11-28-18)29-19(33)20-31-32-22(37-20)30-13-4-8-17(24)16(10-13)23(25,26)27/h4-5,8-12,15H,2-3,6-7H2,1H3,(H,29,33)(H,30,32). The molecule has 2 N–H and O–H groups in total. The maximum atomic E-state index is 13.4. The molecule has 2 aromatic heterocycles. The van der Waals surface area contributed by atoms with Gasteiger partial charge in [-0.05, 0) is 49.9 Å². The van der Waals surface area contributed by atoms with E-state index in [2.05, 4.69) is 25.8 Å². The first kappa shape index (κ1) is 25.9. The van der Waals surface area contributed by atoms with Gasteiger partial charge in [0.25, 0.3) is 0 Å². The van der Waals surface area contributed by atoms with Crippen LogP contribution in [0.5, 0.6) is 5.88 Å². The molecule has 0 aliphatic heterocycles. The van der Waals surface area contributed by atoms with Crippen molar-refractivity contribution < 1.29 is 41.0 Å². The van der Waals surface area contributed by atoms with E-state index < -0.39 is 29.4 Å². The molecular weight excluding hydrogens is 502 g/mol. The van der Waals surface area contributed by atoms with E-state index in [1.165, 1.54) is 13.3 Å². The number of amides is 1. The van der Waals surface area contributed by atoms with Crippen LogP contribution in [0.1, 0.15) is 41.9 Å². The fraction of sp³-hybridized carbons (Fsp3) is 0.348. The molecule has 0 atom stereocenters. The molecule has 37 heavy (non-hydrogen) atoms. The van der Waals surface area contributed by atoms with Gasteiger partial charge in [0.15, 0.2) is 0 Å². The van der Waals surface area contributed by atoms with Gasteiger partial charge in [-0.2, -0.15) is 13.2 Å². The molecule has 0 bridgehead atoms. The fourth-order valence-electron chi connectivity index (χ4n) is 3.77. The Balaban J connectivity index is 1.31. The molecule has 196 valence electrons. The number of carbonyl (C=O) groups is 2. The SMILES string of the molecule is COC(=O)C1CCC(Oc2ccc(NC(=O)c3nnc(Nc4ccc(F)c(C(F)(F)F)c4)o3)cn2)CC1. The molecule has 1 aromatic carbocycles. The average molecular weight is 523 g/mol. The van der Waals surface area contributed by atoms with Gasteiger partial charge in [0.05, 0.1) is 30.5 Å². The summed E-state index contributed by atoms with van der Waals surface area (Å²) in [6, 6.07) is 4.98. The zero-order chi connectivity index (χ0) is 26.6. The van der Waals surface area contributed by atoms with E-state index in [9.17, 15) is 27.2 Å². The number of pyridine rings is 1. The Kier molecular flexibility index (Phi) is 7.55. The minimum atomic E-state index is -4.89. The lowest BCUT2D eigenvalue weighted by Gasteiger charge is -2.27. The topological polar surface area (TPSA) is 128 Å². The summed E-state index contributed by atoms with van der Waals surface area (Å²) in [7, 11) is 1.37. The van der Waals surface area contributed by atoms with E-state index in [0.29, 0.717) is 49.4 Å². The van der Waals surface area contributed by atoms with Crippen LogP contribution in [-0.4, -0.2) is 40.3 Å². The summed E-state index contributed by atoms with van der Waals surface area (Å²) >= 11 is 0. The molecule has 0 saturated heterocycles. The highest BCUT2D eigenvalue weighted by Crippen LogP contribution is 2.33. The van der Waals surface area contributed by atoms with Crippen molar-refractivity contribution in [1.82, 2.24) is 15.2 Å².